The van der Waals surface area contributed by atoms with E-state index in [1.165, 1.54) is 19.1 Å². The van der Waals surface area contributed by atoms with Crippen LogP contribution in [0.5, 0.6) is 11.5 Å². The van der Waals surface area contributed by atoms with Crippen LogP contribution in [0, 0.1) is 0 Å². The first-order chi connectivity index (χ1) is 9.44. The molecule has 0 unspecified atom stereocenters. The van der Waals surface area contributed by atoms with Gasteiger partial charge in [-0.2, -0.15) is 0 Å². The number of amides is 1. The number of rotatable bonds is 7. The first-order valence-corrected chi connectivity index (χ1v) is 5.88. The standard InChI is InChI=1S/C13H18N2O5/c1-15(8-13(17)18)7-12(16)14-9-4-10(19-2)6-11(5-9)20-3/h4-6H,7-8H2,1-3H3,(H,14,16)(H,17,18). The molecule has 0 fully saturated rings. The van der Waals surface area contributed by atoms with Gasteiger partial charge < -0.3 is 19.9 Å². The Morgan fingerprint density at radius 1 is 1.15 bits per heavy atom. The average Bonchev–Trinajstić information content (AvgIpc) is 2.36. The van der Waals surface area contributed by atoms with Crippen molar-refractivity contribution in [2.24, 2.45) is 0 Å². The second-order valence-electron chi connectivity index (χ2n) is 4.22. The molecular formula is C13H18N2O5. The zero-order valence-electron chi connectivity index (χ0n) is 11.7. The van der Waals surface area contributed by atoms with Crippen molar-refractivity contribution in [2.45, 2.75) is 0 Å². The number of anilines is 1. The summed E-state index contributed by atoms with van der Waals surface area (Å²) in [5, 5.41) is 11.3. The third-order valence-electron chi connectivity index (χ3n) is 2.45. The quantitative estimate of drug-likeness (QED) is 0.763. The van der Waals surface area contributed by atoms with Crippen molar-refractivity contribution in [2.75, 3.05) is 39.7 Å². The third kappa shape index (κ3) is 5.15. The Labute approximate surface area is 117 Å². The van der Waals surface area contributed by atoms with Crippen molar-refractivity contribution in [1.82, 2.24) is 4.90 Å². The number of ether oxygens (including phenoxy) is 2. The Kier molecular flexibility index (Phi) is 5.79. The van der Waals surface area contributed by atoms with Gasteiger partial charge in [0, 0.05) is 23.9 Å². The van der Waals surface area contributed by atoms with Gasteiger partial charge in [-0.05, 0) is 7.05 Å². The molecule has 7 heteroatoms. The summed E-state index contributed by atoms with van der Waals surface area (Å²) in [5.74, 6) is -0.190. The smallest absolute Gasteiger partial charge is 0.317 e. The molecule has 1 aromatic rings. The number of aliphatic carboxylic acids is 1. The molecule has 0 heterocycles. The van der Waals surface area contributed by atoms with Crippen LogP contribution < -0.4 is 14.8 Å². The van der Waals surface area contributed by atoms with Gasteiger partial charge in [0.25, 0.3) is 0 Å². The van der Waals surface area contributed by atoms with Crippen LogP contribution >= 0.6 is 0 Å². The number of carbonyl (C=O) groups is 2. The summed E-state index contributed by atoms with van der Waals surface area (Å²) in [6.45, 7) is -0.222. The van der Waals surface area contributed by atoms with E-state index in [1.807, 2.05) is 0 Å². The largest absolute Gasteiger partial charge is 0.497 e. The highest BCUT2D eigenvalue weighted by Gasteiger charge is 2.11. The number of hydrogen-bond acceptors (Lipinski definition) is 5. The monoisotopic (exact) mass is 282 g/mol. The van der Waals surface area contributed by atoms with Crippen molar-refractivity contribution < 1.29 is 24.2 Å². The van der Waals surface area contributed by atoms with Crippen molar-refractivity contribution in [3.63, 3.8) is 0 Å². The van der Waals surface area contributed by atoms with Gasteiger partial charge in [0.1, 0.15) is 11.5 Å². The lowest BCUT2D eigenvalue weighted by molar-refractivity contribution is -0.138. The number of carbonyl (C=O) groups excluding carboxylic acids is 1. The minimum Gasteiger partial charge on any atom is -0.497 e. The molecule has 1 rings (SSSR count). The summed E-state index contributed by atoms with van der Waals surface area (Å²) in [5.41, 5.74) is 0.523. The molecule has 0 aliphatic rings. The maximum absolute atomic E-state index is 11.8. The number of nitrogens with one attached hydrogen (secondary N) is 1. The van der Waals surface area contributed by atoms with Gasteiger partial charge >= 0.3 is 5.97 Å². The molecule has 7 nitrogen and oxygen atoms in total. The molecule has 1 amide bonds. The normalized spacial score (nSPS) is 10.2. The van der Waals surface area contributed by atoms with Crippen molar-refractivity contribution in [1.29, 1.82) is 0 Å². The molecular weight excluding hydrogens is 264 g/mol. The second-order valence-corrected chi connectivity index (χ2v) is 4.22. The molecule has 0 saturated carbocycles. The van der Waals surface area contributed by atoms with Crippen LogP contribution in [0.4, 0.5) is 5.69 Å². The van der Waals surface area contributed by atoms with E-state index in [0.717, 1.165) is 0 Å². The van der Waals surface area contributed by atoms with E-state index in [2.05, 4.69) is 5.32 Å². The summed E-state index contributed by atoms with van der Waals surface area (Å²) in [6.07, 6.45) is 0. The molecule has 1 aromatic carbocycles. The van der Waals surface area contributed by atoms with Crippen LogP contribution in [-0.4, -0.2) is 56.2 Å². The van der Waals surface area contributed by atoms with Gasteiger partial charge in [0.05, 0.1) is 27.3 Å². The maximum atomic E-state index is 11.8. The predicted molar refractivity (Wildman–Crippen MR) is 73.3 cm³/mol. The fourth-order valence-electron chi connectivity index (χ4n) is 1.61. The third-order valence-corrected chi connectivity index (χ3v) is 2.45. The highest BCUT2D eigenvalue weighted by molar-refractivity contribution is 5.92. The van der Waals surface area contributed by atoms with Crippen molar-refractivity contribution in [3.05, 3.63) is 18.2 Å². The van der Waals surface area contributed by atoms with Gasteiger partial charge in [-0.3, -0.25) is 14.5 Å². The highest BCUT2D eigenvalue weighted by atomic mass is 16.5. The summed E-state index contributed by atoms with van der Waals surface area (Å²) < 4.78 is 10.2. The molecule has 0 atom stereocenters. The van der Waals surface area contributed by atoms with E-state index >= 15 is 0 Å². The lowest BCUT2D eigenvalue weighted by atomic mass is 10.2. The number of carboxylic acid groups (broad SMARTS) is 1. The number of carboxylic acids is 1. The van der Waals surface area contributed by atoms with Gasteiger partial charge in [0.2, 0.25) is 5.91 Å². The number of benzene rings is 1. The number of hydrogen-bond donors (Lipinski definition) is 2. The Hall–Kier alpha value is -2.28. The predicted octanol–water partition coefficient (Wildman–Crippen LogP) is 0.659. The van der Waals surface area contributed by atoms with E-state index < -0.39 is 5.97 Å². The molecule has 0 saturated heterocycles. The molecule has 0 spiro atoms. The van der Waals surface area contributed by atoms with Crippen LogP contribution in [0.2, 0.25) is 0 Å². The fraction of sp³-hybridized carbons (Fsp3) is 0.385. The molecule has 0 aliphatic heterocycles. The highest BCUT2D eigenvalue weighted by Crippen LogP contribution is 2.25. The fourth-order valence-corrected chi connectivity index (χ4v) is 1.61. The molecule has 20 heavy (non-hydrogen) atoms. The number of likely N-dealkylation sites (N-methyl/N-ethyl adjacent to an activating group) is 1. The molecule has 110 valence electrons. The SMILES string of the molecule is COc1cc(NC(=O)CN(C)CC(=O)O)cc(OC)c1. The molecule has 2 N–H and O–H groups in total. The van der Waals surface area contributed by atoms with Gasteiger partial charge in [-0.15, -0.1) is 0 Å². The van der Waals surface area contributed by atoms with Crippen LogP contribution in [0.15, 0.2) is 18.2 Å². The lowest BCUT2D eigenvalue weighted by Crippen LogP contribution is -2.33. The zero-order chi connectivity index (χ0) is 15.1. The first kappa shape index (κ1) is 15.8. The summed E-state index contributed by atoms with van der Waals surface area (Å²) in [4.78, 5) is 23.7. The Bertz CT molecular complexity index is 467. The Morgan fingerprint density at radius 2 is 1.70 bits per heavy atom. The summed E-state index contributed by atoms with van der Waals surface area (Å²) >= 11 is 0. The lowest BCUT2D eigenvalue weighted by Gasteiger charge is -2.14. The van der Waals surface area contributed by atoms with Gasteiger partial charge in [-0.1, -0.05) is 0 Å². The van der Waals surface area contributed by atoms with E-state index in [-0.39, 0.29) is 19.0 Å². The van der Waals surface area contributed by atoms with Crippen LogP contribution in [0.3, 0.4) is 0 Å². The molecule has 0 radical (unpaired) electrons. The number of nitrogens with zero attached hydrogens (tertiary/aromatic N) is 1. The average molecular weight is 282 g/mol. The van der Waals surface area contributed by atoms with Gasteiger partial charge in [0.15, 0.2) is 0 Å². The first-order valence-electron chi connectivity index (χ1n) is 5.88. The number of methoxy groups -OCH3 is 2. The summed E-state index contributed by atoms with van der Waals surface area (Å²) in [6, 6.07) is 4.99. The van der Waals surface area contributed by atoms with E-state index in [9.17, 15) is 9.59 Å². The molecule has 0 aromatic heterocycles. The topological polar surface area (TPSA) is 88.1 Å². The minimum atomic E-state index is -0.983. The maximum Gasteiger partial charge on any atom is 0.317 e. The zero-order valence-corrected chi connectivity index (χ0v) is 11.7. The minimum absolute atomic E-state index is 0.0220. The van der Waals surface area contributed by atoms with Crippen LogP contribution in [-0.2, 0) is 9.59 Å². The van der Waals surface area contributed by atoms with E-state index in [0.29, 0.717) is 17.2 Å². The Morgan fingerprint density at radius 3 is 2.15 bits per heavy atom. The Balaban J connectivity index is 2.67. The van der Waals surface area contributed by atoms with Gasteiger partial charge in [-0.25, -0.2) is 0 Å². The van der Waals surface area contributed by atoms with Crippen LogP contribution in [0.1, 0.15) is 0 Å². The van der Waals surface area contributed by atoms with Crippen molar-refractivity contribution >= 4 is 17.6 Å². The molecule has 0 bridgehead atoms. The summed E-state index contributed by atoms with van der Waals surface area (Å²) in [7, 11) is 4.59. The van der Waals surface area contributed by atoms with E-state index in [4.69, 9.17) is 14.6 Å². The van der Waals surface area contributed by atoms with Crippen molar-refractivity contribution in [3.8, 4) is 11.5 Å². The van der Waals surface area contributed by atoms with Crippen LogP contribution in [0.25, 0.3) is 0 Å². The molecule has 0 aliphatic carbocycles. The second kappa shape index (κ2) is 7.34. The van der Waals surface area contributed by atoms with E-state index in [1.54, 1.807) is 25.2 Å².